The molecule has 0 saturated carbocycles. The standard InChI is InChI=1S/C21H18ClNO6/c1-11-5-21(25)29-17-8-18(15(22)7-14(11)17)26-9-20(24)23-12(2)13-3-4-16-19(6-13)28-10-27-16/h3-8,12H,9-10H2,1-2H3,(H,23,24)/t12-/m1/s1. The number of benzene rings is 2. The number of nitrogens with one attached hydrogen (secondary N) is 1. The van der Waals surface area contributed by atoms with E-state index in [-0.39, 0.29) is 31.1 Å². The minimum Gasteiger partial charge on any atom is -0.482 e. The van der Waals surface area contributed by atoms with Crippen LogP contribution in [0.1, 0.15) is 24.1 Å². The zero-order chi connectivity index (χ0) is 20.5. The Kier molecular flexibility index (Phi) is 5.07. The number of rotatable bonds is 5. The molecule has 150 valence electrons. The van der Waals surface area contributed by atoms with E-state index in [9.17, 15) is 9.59 Å². The van der Waals surface area contributed by atoms with Crippen molar-refractivity contribution in [2.75, 3.05) is 13.4 Å². The average Bonchev–Trinajstić information content (AvgIpc) is 3.14. The third-order valence-corrected chi connectivity index (χ3v) is 4.93. The van der Waals surface area contributed by atoms with E-state index in [0.717, 1.165) is 11.1 Å². The van der Waals surface area contributed by atoms with Crippen LogP contribution in [0, 0.1) is 6.92 Å². The number of aryl methyl sites for hydroxylation is 1. The van der Waals surface area contributed by atoms with Gasteiger partial charge >= 0.3 is 5.63 Å². The first-order valence-corrected chi connectivity index (χ1v) is 9.34. The summed E-state index contributed by atoms with van der Waals surface area (Å²) in [5.74, 6) is 1.28. The van der Waals surface area contributed by atoms with Gasteiger partial charge in [0.25, 0.3) is 5.91 Å². The van der Waals surface area contributed by atoms with Crippen LogP contribution in [0.2, 0.25) is 5.02 Å². The highest BCUT2D eigenvalue weighted by molar-refractivity contribution is 6.32. The van der Waals surface area contributed by atoms with E-state index in [0.29, 0.717) is 27.5 Å². The van der Waals surface area contributed by atoms with E-state index < -0.39 is 5.63 Å². The maximum Gasteiger partial charge on any atom is 0.336 e. The van der Waals surface area contributed by atoms with Crippen LogP contribution in [0.3, 0.4) is 0 Å². The molecular weight excluding hydrogens is 398 g/mol. The van der Waals surface area contributed by atoms with Gasteiger partial charge in [0.15, 0.2) is 18.1 Å². The molecule has 0 spiro atoms. The molecule has 1 aliphatic heterocycles. The maximum absolute atomic E-state index is 12.3. The fraction of sp³-hybridized carbons (Fsp3) is 0.238. The molecular formula is C21H18ClNO6. The highest BCUT2D eigenvalue weighted by Gasteiger charge is 2.17. The van der Waals surface area contributed by atoms with Gasteiger partial charge in [-0.3, -0.25) is 4.79 Å². The first-order valence-electron chi connectivity index (χ1n) is 8.96. The Hall–Kier alpha value is -3.19. The predicted octanol–water partition coefficient (Wildman–Crippen LogP) is 3.74. The normalized spacial score (nSPS) is 13.3. The summed E-state index contributed by atoms with van der Waals surface area (Å²) in [5, 5.41) is 3.89. The number of hydrogen-bond donors (Lipinski definition) is 1. The lowest BCUT2D eigenvalue weighted by Gasteiger charge is -2.15. The Morgan fingerprint density at radius 1 is 1.21 bits per heavy atom. The molecule has 0 unspecified atom stereocenters. The molecule has 2 aromatic carbocycles. The third kappa shape index (κ3) is 4.00. The largest absolute Gasteiger partial charge is 0.482 e. The second-order valence-electron chi connectivity index (χ2n) is 6.72. The van der Waals surface area contributed by atoms with Gasteiger partial charge in [0.2, 0.25) is 6.79 Å². The van der Waals surface area contributed by atoms with Crippen LogP contribution in [-0.4, -0.2) is 19.3 Å². The quantitative estimate of drug-likeness (QED) is 0.639. The van der Waals surface area contributed by atoms with Crippen molar-refractivity contribution in [3.8, 4) is 17.2 Å². The minimum absolute atomic E-state index is 0.194. The van der Waals surface area contributed by atoms with Crippen LogP contribution in [-0.2, 0) is 4.79 Å². The highest BCUT2D eigenvalue weighted by Crippen LogP contribution is 2.34. The Morgan fingerprint density at radius 3 is 2.83 bits per heavy atom. The van der Waals surface area contributed by atoms with Crippen molar-refractivity contribution in [2.24, 2.45) is 0 Å². The summed E-state index contributed by atoms with van der Waals surface area (Å²) >= 11 is 6.25. The summed E-state index contributed by atoms with van der Waals surface area (Å²) in [4.78, 5) is 23.9. The number of carbonyl (C=O) groups is 1. The molecule has 29 heavy (non-hydrogen) atoms. The zero-order valence-corrected chi connectivity index (χ0v) is 16.5. The van der Waals surface area contributed by atoms with Crippen molar-refractivity contribution in [1.82, 2.24) is 5.32 Å². The van der Waals surface area contributed by atoms with Crippen LogP contribution < -0.4 is 25.2 Å². The van der Waals surface area contributed by atoms with E-state index in [1.165, 1.54) is 12.1 Å². The van der Waals surface area contributed by atoms with Gasteiger partial charge in [-0.1, -0.05) is 17.7 Å². The molecule has 4 rings (SSSR count). The van der Waals surface area contributed by atoms with E-state index in [4.69, 9.17) is 30.2 Å². The second-order valence-corrected chi connectivity index (χ2v) is 7.13. The molecule has 1 aliphatic rings. The van der Waals surface area contributed by atoms with E-state index in [1.807, 2.05) is 19.1 Å². The molecule has 1 amide bonds. The van der Waals surface area contributed by atoms with E-state index in [1.54, 1.807) is 19.1 Å². The molecule has 1 N–H and O–H groups in total. The Labute approximate surface area is 171 Å². The summed E-state index contributed by atoms with van der Waals surface area (Å²) < 4.78 is 21.4. The maximum atomic E-state index is 12.3. The Bertz CT molecular complexity index is 1160. The molecule has 7 nitrogen and oxygen atoms in total. The molecule has 1 atom stereocenters. The van der Waals surface area contributed by atoms with Gasteiger partial charge in [-0.05, 0) is 43.2 Å². The van der Waals surface area contributed by atoms with Crippen LogP contribution in [0.5, 0.6) is 17.2 Å². The molecule has 3 aromatic rings. The summed E-state index contributed by atoms with van der Waals surface area (Å²) in [6.45, 7) is 3.60. The lowest BCUT2D eigenvalue weighted by molar-refractivity contribution is -0.123. The molecule has 1 aromatic heterocycles. The van der Waals surface area contributed by atoms with Gasteiger partial charge in [-0.15, -0.1) is 0 Å². The second kappa shape index (κ2) is 7.67. The number of hydrogen-bond acceptors (Lipinski definition) is 6. The lowest BCUT2D eigenvalue weighted by atomic mass is 10.1. The van der Waals surface area contributed by atoms with Gasteiger partial charge in [-0.2, -0.15) is 0 Å². The Morgan fingerprint density at radius 2 is 2.00 bits per heavy atom. The molecule has 0 aliphatic carbocycles. The summed E-state index contributed by atoms with van der Waals surface area (Å²) in [7, 11) is 0. The van der Waals surface area contributed by atoms with Crippen molar-refractivity contribution in [2.45, 2.75) is 19.9 Å². The zero-order valence-electron chi connectivity index (χ0n) is 15.8. The van der Waals surface area contributed by atoms with Crippen molar-refractivity contribution >= 4 is 28.5 Å². The van der Waals surface area contributed by atoms with Crippen LogP contribution in [0.4, 0.5) is 0 Å². The van der Waals surface area contributed by atoms with Gasteiger partial charge < -0.3 is 23.9 Å². The minimum atomic E-state index is -0.460. The molecule has 0 bridgehead atoms. The van der Waals surface area contributed by atoms with Gasteiger partial charge in [0.05, 0.1) is 11.1 Å². The van der Waals surface area contributed by atoms with Crippen molar-refractivity contribution < 1.29 is 23.4 Å². The molecule has 0 saturated heterocycles. The number of fused-ring (bicyclic) bond motifs is 2. The first-order chi connectivity index (χ1) is 13.9. The molecule has 2 heterocycles. The number of carbonyl (C=O) groups excluding carboxylic acids is 1. The summed E-state index contributed by atoms with van der Waals surface area (Å²) in [5.41, 5.74) is 1.52. The summed E-state index contributed by atoms with van der Waals surface area (Å²) in [6.07, 6.45) is 0. The van der Waals surface area contributed by atoms with Crippen molar-refractivity contribution in [3.05, 3.63) is 63.0 Å². The van der Waals surface area contributed by atoms with Gasteiger partial charge in [-0.25, -0.2) is 4.79 Å². The van der Waals surface area contributed by atoms with E-state index >= 15 is 0 Å². The van der Waals surface area contributed by atoms with Crippen LogP contribution in [0.25, 0.3) is 11.0 Å². The molecule has 0 fully saturated rings. The monoisotopic (exact) mass is 415 g/mol. The smallest absolute Gasteiger partial charge is 0.336 e. The SMILES string of the molecule is Cc1cc(=O)oc2cc(OCC(=O)N[C@H](C)c3ccc4c(c3)OCO4)c(Cl)cc12. The topological polar surface area (TPSA) is 87.0 Å². The molecule has 8 heteroatoms. The number of halogens is 1. The fourth-order valence-corrected chi connectivity index (χ4v) is 3.34. The van der Waals surface area contributed by atoms with Crippen LogP contribution >= 0.6 is 11.6 Å². The fourth-order valence-electron chi connectivity index (χ4n) is 3.12. The molecule has 0 radical (unpaired) electrons. The van der Waals surface area contributed by atoms with Gasteiger partial charge in [0, 0.05) is 17.5 Å². The van der Waals surface area contributed by atoms with Gasteiger partial charge in [0.1, 0.15) is 11.3 Å². The third-order valence-electron chi connectivity index (χ3n) is 4.64. The van der Waals surface area contributed by atoms with Crippen molar-refractivity contribution in [1.29, 1.82) is 0 Å². The van der Waals surface area contributed by atoms with E-state index in [2.05, 4.69) is 5.32 Å². The first kappa shape index (κ1) is 19.1. The Balaban J connectivity index is 1.43. The number of ether oxygens (including phenoxy) is 3. The highest BCUT2D eigenvalue weighted by atomic mass is 35.5. The van der Waals surface area contributed by atoms with Crippen LogP contribution in [0.15, 0.2) is 45.6 Å². The number of amides is 1. The average molecular weight is 416 g/mol. The predicted molar refractivity (Wildman–Crippen MR) is 107 cm³/mol. The van der Waals surface area contributed by atoms with Crippen molar-refractivity contribution in [3.63, 3.8) is 0 Å². The summed E-state index contributed by atoms with van der Waals surface area (Å²) in [6, 6.07) is 9.81. The lowest BCUT2D eigenvalue weighted by Crippen LogP contribution is -2.31.